The molecule has 3 aromatic rings. The molecule has 26 heavy (non-hydrogen) atoms. The highest BCUT2D eigenvalue weighted by Gasteiger charge is 2.31. The summed E-state index contributed by atoms with van der Waals surface area (Å²) in [6.07, 6.45) is 1.09. The third-order valence-electron chi connectivity index (χ3n) is 4.87. The molecule has 4 rings (SSSR count). The van der Waals surface area contributed by atoms with Gasteiger partial charge in [0.1, 0.15) is 5.01 Å². The highest BCUT2D eigenvalue weighted by molar-refractivity contribution is 7.89. The summed E-state index contributed by atoms with van der Waals surface area (Å²) >= 11 is 1.62. The number of piperidine rings is 1. The first-order valence-corrected chi connectivity index (χ1v) is 11.2. The van der Waals surface area contributed by atoms with E-state index < -0.39 is 10.0 Å². The van der Waals surface area contributed by atoms with Crippen LogP contribution in [0.4, 0.5) is 0 Å². The Labute approximate surface area is 158 Å². The molecule has 1 aromatic heterocycles. The van der Waals surface area contributed by atoms with Crippen molar-refractivity contribution in [3.05, 3.63) is 48.5 Å². The van der Waals surface area contributed by atoms with Crippen LogP contribution in [0.5, 0.6) is 0 Å². The molecule has 0 spiro atoms. The molecule has 0 saturated carbocycles. The number of hydrogen-bond donors (Lipinski definition) is 0. The number of fused-ring (bicyclic) bond motifs is 1. The van der Waals surface area contributed by atoms with Gasteiger partial charge in [-0.15, -0.1) is 11.3 Å². The monoisotopic (exact) mass is 386 g/mol. The van der Waals surface area contributed by atoms with Crippen LogP contribution in [0.1, 0.15) is 20.3 Å². The van der Waals surface area contributed by atoms with E-state index in [2.05, 4.69) is 18.8 Å². The minimum Gasteiger partial charge on any atom is -0.236 e. The van der Waals surface area contributed by atoms with E-state index in [1.54, 1.807) is 27.8 Å². The van der Waals surface area contributed by atoms with Crippen LogP contribution in [0.3, 0.4) is 0 Å². The molecule has 0 bridgehead atoms. The standard InChI is InChI=1S/C20H22N2O2S2/c1-14-11-15(2)13-22(12-14)26(23,24)17-9-7-16(8-10-17)20-21-18-5-3-4-6-19(18)25-20/h3-10,14-15H,11-13H2,1-2H3/t14-,15-/m0/s1. The van der Waals surface area contributed by atoms with Gasteiger partial charge in [0.2, 0.25) is 10.0 Å². The number of rotatable bonds is 3. The Bertz CT molecular complexity index is 982. The molecule has 1 aliphatic heterocycles. The molecular formula is C20H22N2O2S2. The first-order chi connectivity index (χ1) is 12.4. The van der Waals surface area contributed by atoms with Crippen LogP contribution in [-0.2, 0) is 10.0 Å². The molecule has 136 valence electrons. The Morgan fingerprint density at radius 2 is 1.65 bits per heavy atom. The molecule has 0 unspecified atom stereocenters. The third kappa shape index (κ3) is 3.29. The van der Waals surface area contributed by atoms with Crippen LogP contribution in [0.2, 0.25) is 0 Å². The highest BCUT2D eigenvalue weighted by atomic mass is 32.2. The fraction of sp³-hybridized carbons (Fsp3) is 0.350. The van der Waals surface area contributed by atoms with Gasteiger partial charge in [-0.2, -0.15) is 4.31 Å². The lowest BCUT2D eigenvalue weighted by Gasteiger charge is -2.34. The molecule has 2 aromatic carbocycles. The smallest absolute Gasteiger partial charge is 0.236 e. The number of benzene rings is 2. The number of aromatic nitrogens is 1. The lowest BCUT2D eigenvalue weighted by Crippen LogP contribution is -2.42. The van der Waals surface area contributed by atoms with Gasteiger partial charge >= 0.3 is 0 Å². The van der Waals surface area contributed by atoms with Crippen molar-refractivity contribution in [3.63, 3.8) is 0 Å². The third-order valence-corrected chi connectivity index (χ3v) is 7.80. The Kier molecular flexibility index (Phi) is 4.59. The van der Waals surface area contributed by atoms with Crippen LogP contribution >= 0.6 is 11.3 Å². The highest BCUT2D eigenvalue weighted by Crippen LogP contribution is 2.32. The van der Waals surface area contributed by atoms with E-state index in [9.17, 15) is 8.42 Å². The quantitative estimate of drug-likeness (QED) is 0.659. The van der Waals surface area contributed by atoms with E-state index in [1.165, 1.54) is 0 Å². The zero-order valence-electron chi connectivity index (χ0n) is 14.9. The topological polar surface area (TPSA) is 50.3 Å². The number of thiazole rings is 1. The summed E-state index contributed by atoms with van der Waals surface area (Å²) in [6.45, 7) is 5.45. The molecule has 2 atom stereocenters. The average molecular weight is 387 g/mol. The van der Waals surface area contributed by atoms with Crippen molar-refractivity contribution in [2.24, 2.45) is 11.8 Å². The summed E-state index contributed by atoms with van der Waals surface area (Å²) in [4.78, 5) is 5.01. The van der Waals surface area contributed by atoms with Crippen molar-refractivity contribution in [1.82, 2.24) is 9.29 Å². The van der Waals surface area contributed by atoms with Gasteiger partial charge in [0.05, 0.1) is 15.1 Å². The second-order valence-electron chi connectivity index (χ2n) is 7.28. The van der Waals surface area contributed by atoms with Gasteiger partial charge in [0, 0.05) is 18.7 Å². The van der Waals surface area contributed by atoms with Crippen LogP contribution in [0.25, 0.3) is 20.8 Å². The van der Waals surface area contributed by atoms with E-state index >= 15 is 0 Å². The van der Waals surface area contributed by atoms with Gasteiger partial charge in [0.15, 0.2) is 0 Å². The maximum absolute atomic E-state index is 13.0. The lowest BCUT2D eigenvalue weighted by molar-refractivity contribution is 0.222. The van der Waals surface area contributed by atoms with Crippen molar-refractivity contribution >= 4 is 31.6 Å². The number of para-hydroxylation sites is 1. The van der Waals surface area contributed by atoms with Gasteiger partial charge in [-0.3, -0.25) is 0 Å². The fourth-order valence-electron chi connectivity index (χ4n) is 3.72. The zero-order valence-corrected chi connectivity index (χ0v) is 16.6. The van der Waals surface area contributed by atoms with Gasteiger partial charge in [-0.05, 0) is 42.5 Å². The predicted molar refractivity (Wildman–Crippen MR) is 107 cm³/mol. The summed E-state index contributed by atoms with van der Waals surface area (Å²) < 4.78 is 28.7. The molecule has 1 saturated heterocycles. The van der Waals surface area contributed by atoms with Gasteiger partial charge in [-0.1, -0.05) is 38.1 Å². The maximum atomic E-state index is 13.0. The predicted octanol–water partition coefficient (Wildman–Crippen LogP) is 4.63. The number of nitrogens with zero attached hydrogens (tertiary/aromatic N) is 2. The molecule has 1 aliphatic rings. The molecule has 6 heteroatoms. The maximum Gasteiger partial charge on any atom is 0.243 e. The molecule has 0 amide bonds. The zero-order chi connectivity index (χ0) is 18.3. The molecule has 0 radical (unpaired) electrons. The first kappa shape index (κ1) is 17.6. The first-order valence-electron chi connectivity index (χ1n) is 8.89. The van der Waals surface area contributed by atoms with Crippen LogP contribution < -0.4 is 0 Å². The van der Waals surface area contributed by atoms with Crippen molar-refractivity contribution in [3.8, 4) is 10.6 Å². The largest absolute Gasteiger partial charge is 0.243 e. The second-order valence-corrected chi connectivity index (χ2v) is 10.2. The summed E-state index contributed by atoms with van der Waals surface area (Å²) in [6, 6.07) is 15.2. The van der Waals surface area contributed by atoms with E-state index in [0.29, 0.717) is 29.8 Å². The van der Waals surface area contributed by atoms with E-state index in [0.717, 1.165) is 27.2 Å². The van der Waals surface area contributed by atoms with Crippen molar-refractivity contribution in [2.75, 3.05) is 13.1 Å². The second kappa shape index (κ2) is 6.76. The Morgan fingerprint density at radius 3 is 2.31 bits per heavy atom. The Morgan fingerprint density at radius 1 is 1.00 bits per heavy atom. The molecular weight excluding hydrogens is 364 g/mol. The van der Waals surface area contributed by atoms with Gasteiger partial charge in [0.25, 0.3) is 0 Å². The normalized spacial score (nSPS) is 21.9. The summed E-state index contributed by atoms with van der Waals surface area (Å²) in [5.41, 5.74) is 1.92. The van der Waals surface area contributed by atoms with E-state index in [1.807, 2.05) is 36.4 Å². The summed E-state index contributed by atoms with van der Waals surface area (Å²) in [5, 5.41) is 0.912. The Hall–Kier alpha value is -1.76. The molecule has 2 heterocycles. The van der Waals surface area contributed by atoms with Gasteiger partial charge < -0.3 is 0 Å². The fourth-order valence-corrected chi connectivity index (χ4v) is 6.37. The van der Waals surface area contributed by atoms with Crippen LogP contribution in [-0.4, -0.2) is 30.8 Å². The molecule has 0 aliphatic carbocycles. The minimum atomic E-state index is -3.44. The number of sulfonamides is 1. The van der Waals surface area contributed by atoms with Gasteiger partial charge in [-0.25, -0.2) is 13.4 Å². The van der Waals surface area contributed by atoms with Crippen molar-refractivity contribution in [2.45, 2.75) is 25.2 Å². The molecule has 4 nitrogen and oxygen atoms in total. The Balaban J connectivity index is 1.62. The van der Waals surface area contributed by atoms with Crippen LogP contribution in [0, 0.1) is 11.8 Å². The lowest BCUT2D eigenvalue weighted by atomic mass is 9.94. The van der Waals surface area contributed by atoms with Crippen molar-refractivity contribution in [1.29, 1.82) is 0 Å². The van der Waals surface area contributed by atoms with Crippen LogP contribution in [0.15, 0.2) is 53.4 Å². The molecule has 1 fully saturated rings. The number of hydrogen-bond acceptors (Lipinski definition) is 4. The summed E-state index contributed by atoms with van der Waals surface area (Å²) in [7, 11) is -3.44. The SMILES string of the molecule is C[C@H]1C[C@H](C)CN(S(=O)(=O)c2ccc(-c3nc4ccccc4s3)cc2)C1. The van der Waals surface area contributed by atoms with E-state index in [4.69, 9.17) is 0 Å². The molecule has 0 N–H and O–H groups in total. The van der Waals surface area contributed by atoms with Crippen molar-refractivity contribution < 1.29 is 8.42 Å². The average Bonchev–Trinajstić information content (AvgIpc) is 3.05. The summed E-state index contributed by atoms with van der Waals surface area (Å²) in [5.74, 6) is 0.797. The minimum absolute atomic E-state index is 0.365. The van der Waals surface area contributed by atoms with E-state index in [-0.39, 0.29) is 0 Å².